The first kappa shape index (κ1) is 15.1. The Hall–Kier alpha value is -2.27. The zero-order valence-corrected chi connectivity index (χ0v) is 11.2. The van der Waals surface area contributed by atoms with Crippen LogP contribution in [-0.2, 0) is 11.2 Å². The van der Waals surface area contributed by atoms with E-state index in [1.165, 1.54) is 30.3 Å². The van der Waals surface area contributed by atoms with E-state index in [1.807, 2.05) is 0 Å². The minimum Gasteiger partial charge on any atom is -0.386 e. The molecule has 0 aliphatic heterocycles. The summed E-state index contributed by atoms with van der Waals surface area (Å²) in [5, 5.41) is 12.3. The van der Waals surface area contributed by atoms with Crippen molar-refractivity contribution >= 4 is 5.91 Å². The summed E-state index contributed by atoms with van der Waals surface area (Å²) >= 11 is 0. The molecule has 1 unspecified atom stereocenters. The highest BCUT2D eigenvalue weighted by Crippen LogP contribution is 2.15. The van der Waals surface area contributed by atoms with Crippen LogP contribution in [0.3, 0.4) is 0 Å². The van der Waals surface area contributed by atoms with Gasteiger partial charge >= 0.3 is 0 Å². The lowest BCUT2D eigenvalue weighted by atomic mass is 10.1. The van der Waals surface area contributed by atoms with Gasteiger partial charge in [-0.2, -0.15) is 0 Å². The third-order valence-corrected chi connectivity index (χ3v) is 3.07. The highest BCUT2D eigenvalue weighted by atomic mass is 19.1. The molecule has 0 spiro atoms. The van der Waals surface area contributed by atoms with Gasteiger partial charge in [-0.15, -0.1) is 0 Å². The van der Waals surface area contributed by atoms with Crippen molar-refractivity contribution in [1.82, 2.24) is 5.32 Å². The number of amides is 1. The summed E-state index contributed by atoms with van der Waals surface area (Å²) in [6.07, 6.45) is -1.27. The van der Waals surface area contributed by atoms with Gasteiger partial charge in [0.15, 0.2) is 0 Å². The van der Waals surface area contributed by atoms with Crippen LogP contribution in [-0.4, -0.2) is 17.6 Å². The molecule has 0 aliphatic rings. The van der Waals surface area contributed by atoms with E-state index in [9.17, 15) is 18.7 Å². The SMILES string of the molecule is O=C(Cc1ccccc1F)NCC(O)c1ccccc1F. The quantitative estimate of drug-likeness (QED) is 0.888. The van der Waals surface area contributed by atoms with Crippen LogP contribution < -0.4 is 5.32 Å². The molecule has 0 saturated carbocycles. The number of rotatable bonds is 5. The van der Waals surface area contributed by atoms with Gasteiger partial charge in [0, 0.05) is 12.1 Å². The van der Waals surface area contributed by atoms with Crippen molar-refractivity contribution in [3.63, 3.8) is 0 Å². The third-order valence-electron chi connectivity index (χ3n) is 3.07. The van der Waals surface area contributed by atoms with Crippen LogP contribution in [0.2, 0.25) is 0 Å². The maximum Gasteiger partial charge on any atom is 0.224 e. The Balaban J connectivity index is 1.90. The van der Waals surface area contributed by atoms with Crippen LogP contribution in [0, 0.1) is 11.6 Å². The number of hydrogen-bond acceptors (Lipinski definition) is 2. The van der Waals surface area contributed by atoms with Crippen LogP contribution in [0.5, 0.6) is 0 Å². The molecule has 3 nitrogen and oxygen atoms in total. The molecule has 0 saturated heterocycles. The second kappa shape index (κ2) is 6.95. The molecule has 2 N–H and O–H groups in total. The minimum atomic E-state index is -1.14. The molecule has 1 amide bonds. The summed E-state index contributed by atoms with van der Waals surface area (Å²) in [6.45, 7) is -0.131. The molecule has 110 valence electrons. The first-order chi connectivity index (χ1) is 10.1. The lowest BCUT2D eigenvalue weighted by molar-refractivity contribution is -0.121. The van der Waals surface area contributed by atoms with E-state index < -0.39 is 23.6 Å². The van der Waals surface area contributed by atoms with Crippen molar-refractivity contribution in [1.29, 1.82) is 0 Å². The number of hydrogen-bond donors (Lipinski definition) is 2. The molecule has 0 bridgehead atoms. The van der Waals surface area contributed by atoms with E-state index >= 15 is 0 Å². The molecule has 21 heavy (non-hydrogen) atoms. The number of benzene rings is 2. The lowest BCUT2D eigenvalue weighted by Gasteiger charge is -2.13. The van der Waals surface area contributed by atoms with E-state index in [2.05, 4.69) is 5.32 Å². The Labute approximate surface area is 121 Å². The van der Waals surface area contributed by atoms with Gasteiger partial charge in [0.2, 0.25) is 5.91 Å². The number of carbonyl (C=O) groups excluding carboxylic acids is 1. The smallest absolute Gasteiger partial charge is 0.224 e. The van der Waals surface area contributed by atoms with E-state index in [1.54, 1.807) is 18.2 Å². The highest BCUT2D eigenvalue weighted by Gasteiger charge is 2.14. The summed E-state index contributed by atoms with van der Waals surface area (Å²) in [7, 11) is 0. The third kappa shape index (κ3) is 4.10. The normalized spacial score (nSPS) is 12.0. The van der Waals surface area contributed by atoms with Gasteiger partial charge in [0.25, 0.3) is 0 Å². The van der Waals surface area contributed by atoms with Crippen molar-refractivity contribution in [3.05, 3.63) is 71.3 Å². The Bertz CT molecular complexity index is 631. The van der Waals surface area contributed by atoms with Gasteiger partial charge in [-0.1, -0.05) is 36.4 Å². The first-order valence-electron chi connectivity index (χ1n) is 6.50. The zero-order valence-electron chi connectivity index (χ0n) is 11.2. The van der Waals surface area contributed by atoms with Crippen LogP contribution in [0.4, 0.5) is 8.78 Å². The number of nitrogens with one attached hydrogen (secondary N) is 1. The van der Waals surface area contributed by atoms with Crippen molar-refractivity contribution in [3.8, 4) is 0 Å². The van der Waals surface area contributed by atoms with Gasteiger partial charge in [0.1, 0.15) is 11.6 Å². The van der Waals surface area contributed by atoms with Gasteiger partial charge in [-0.05, 0) is 17.7 Å². The monoisotopic (exact) mass is 291 g/mol. The van der Waals surface area contributed by atoms with Crippen LogP contribution in [0.25, 0.3) is 0 Å². The van der Waals surface area contributed by atoms with Gasteiger partial charge < -0.3 is 10.4 Å². The molecule has 2 rings (SSSR count). The van der Waals surface area contributed by atoms with Crippen LogP contribution in [0.1, 0.15) is 17.2 Å². The van der Waals surface area contributed by atoms with Gasteiger partial charge in [0.05, 0.1) is 12.5 Å². The van der Waals surface area contributed by atoms with Crippen molar-refractivity contribution in [2.24, 2.45) is 0 Å². The molecule has 0 fully saturated rings. The molecular formula is C16H15F2NO2. The molecule has 0 heterocycles. The van der Waals surface area contributed by atoms with E-state index in [0.29, 0.717) is 0 Å². The molecule has 5 heteroatoms. The van der Waals surface area contributed by atoms with Gasteiger partial charge in [-0.3, -0.25) is 4.79 Å². The standard InChI is InChI=1S/C16H15F2NO2/c17-13-7-3-1-5-11(13)9-16(21)19-10-15(20)12-6-2-4-8-14(12)18/h1-8,15,20H,9-10H2,(H,19,21). The molecule has 2 aromatic rings. The zero-order chi connectivity index (χ0) is 15.2. The summed E-state index contributed by atoms with van der Waals surface area (Å²) < 4.78 is 26.8. The molecule has 0 radical (unpaired) electrons. The van der Waals surface area contributed by atoms with Gasteiger partial charge in [-0.25, -0.2) is 8.78 Å². The Morgan fingerprint density at radius 3 is 2.33 bits per heavy atom. The second-order valence-corrected chi connectivity index (χ2v) is 4.61. The second-order valence-electron chi connectivity index (χ2n) is 4.61. The number of halogens is 2. The molecule has 2 aromatic carbocycles. The maximum atomic E-state index is 13.4. The van der Waals surface area contributed by atoms with Crippen LogP contribution in [0.15, 0.2) is 48.5 Å². The fraction of sp³-hybridized carbons (Fsp3) is 0.188. The van der Waals surface area contributed by atoms with Crippen molar-refractivity contribution in [2.75, 3.05) is 6.54 Å². The summed E-state index contributed by atoms with van der Waals surface area (Å²) in [4.78, 5) is 11.7. The molecular weight excluding hydrogens is 276 g/mol. The summed E-state index contributed by atoms with van der Waals surface area (Å²) in [5.74, 6) is -1.42. The largest absolute Gasteiger partial charge is 0.386 e. The summed E-state index contributed by atoms with van der Waals surface area (Å²) in [6, 6.07) is 11.8. The average Bonchev–Trinajstić information content (AvgIpc) is 2.48. The molecule has 0 aromatic heterocycles. The lowest BCUT2D eigenvalue weighted by Crippen LogP contribution is -2.30. The number of aliphatic hydroxyl groups is 1. The first-order valence-corrected chi connectivity index (χ1v) is 6.50. The minimum absolute atomic E-state index is 0.115. The summed E-state index contributed by atoms with van der Waals surface area (Å²) in [5.41, 5.74) is 0.388. The fourth-order valence-corrected chi connectivity index (χ4v) is 1.94. The molecule has 1 atom stereocenters. The van der Waals surface area contributed by atoms with Crippen molar-refractivity contribution < 1.29 is 18.7 Å². The van der Waals surface area contributed by atoms with E-state index in [4.69, 9.17) is 0 Å². The topological polar surface area (TPSA) is 49.3 Å². The highest BCUT2D eigenvalue weighted by molar-refractivity contribution is 5.78. The number of aliphatic hydroxyl groups excluding tert-OH is 1. The average molecular weight is 291 g/mol. The predicted molar refractivity (Wildman–Crippen MR) is 74.5 cm³/mol. The fourth-order valence-electron chi connectivity index (χ4n) is 1.94. The maximum absolute atomic E-state index is 13.4. The van der Waals surface area contributed by atoms with Crippen LogP contribution >= 0.6 is 0 Å². The Morgan fingerprint density at radius 2 is 1.67 bits per heavy atom. The Kier molecular flexibility index (Phi) is 5.00. The van der Waals surface area contributed by atoms with Crippen molar-refractivity contribution in [2.45, 2.75) is 12.5 Å². The Morgan fingerprint density at radius 1 is 1.05 bits per heavy atom. The predicted octanol–water partition coefficient (Wildman–Crippen LogP) is 2.36. The van der Waals surface area contributed by atoms with E-state index in [-0.39, 0.29) is 24.1 Å². The number of carbonyl (C=O) groups is 1. The molecule has 0 aliphatic carbocycles. The van der Waals surface area contributed by atoms with E-state index in [0.717, 1.165) is 0 Å².